The fourth-order valence-electron chi connectivity index (χ4n) is 0.391. The van der Waals surface area contributed by atoms with Gasteiger partial charge in [0, 0.05) is 0 Å². The van der Waals surface area contributed by atoms with Crippen LogP contribution in [0.2, 0.25) is 0 Å². The van der Waals surface area contributed by atoms with Crippen LogP contribution in [-0.2, 0) is 9.53 Å². The summed E-state index contributed by atoms with van der Waals surface area (Å²) in [5.41, 5.74) is 0. The highest BCUT2D eigenvalue weighted by molar-refractivity contribution is 5.61. The Morgan fingerprint density at radius 2 is 1.53 bits per heavy atom. The molecule has 0 aliphatic carbocycles. The molecule has 0 amide bonds. The third-order valence-electron chi connectivity index (χ3n) is 1.13. The van der Waals surface area contributed by atoms with Crippen LogP contribution < -0.4 is 0 Å². The van der Waals surface area contributed by atoms with Crippen LogP contribution in [0.3, 0.4) is 0 Å². The van der Waals surface area contributed by atoms with Gasteiger partial charge < -0.3 is 0 Å². The Balaban J connectivity index is 5.05. The van der Waals surface area contributed by atoms with E-state index in [1.807, 2.05) is 6.58 Å². The lowest BCUT2D eigenvalue weighted by Crippen LogP contribution is -2.49. The van der Waals surface area contributed by atoms with Crippen molar-refractivity contribution in [1.29, 1.82) is 0 Å². The fourth-order valence-corrected chi connectivity index (χ4v) is 0.391. The Morgan fingerprint density at radius 1 is 1.13 bits per heavy atom. The topological polar surface area (TPSA) is 26.3 Å². The van der Waals surface area contributed by atoms with E-state index in [0.29, 0.717) is 0 Å². The van der Waals surface area contributed by atoms with Gasteiger partial charge in [-0.2, -0.15) is 26.3 Å². The number of rotatable bonds is 4. The normalized spacial score (nSPS) is 17.0. The van der Waals surface area contributed by atoms with Crippen molar-refractivity contribution in [3.8, 4) is 0 Å². The van der Waals surface area contributed by atoms with Gasteiger partial charge in [-0.1, -0.05) is 6.58 Å². The summed E-state index contributed by atoms with van der Waals surface area (Å²) in [5.74, 6) is -7.94. The Hall–Kier alpha value is -1.12. The molecule has 0 bridgehead atoms. The summed E-state index contributed by atoms with van der Waals surface area (Å²) in [6.45, 7) is 1.94. The summed E-state index contributed by atoms with van der Waals surface area (Å²) in [7, 11) is 0. The number of halogens is 7. The Morgan fingerprint density at radius 3 is 1.73 bits per heavy atom. The van der Waals surface area contributed by atoms with Crippen LogP contribution in [0.25, 0.3) is 0 Å². The average Bonchev–Trinajstić information content (AvgIpc) is 2.01. The zero-order valence-electron chi connectivity index (χ0n) is 6.75. The van der Waals surface area contributed by atoms with E-state index in [0.717, 1.165) is 0 Å². The molecule has 0 saturated carbocycles. The van der Waals surface area contributed by atoms with Crippen LogP contribution in [0.15, 0.2) is 12.4 Å². The van der Waals surface area contributed by atoms with Crippen LogP contribution in [0.4, 0.5) is 30.7 Å². The Kier molecular flexibility index (Phi) is 3.51. The maximum atomic E-state index is 12.5. The van der Waals surface area contributed by atoms with E-state index in [1.165, 1.54) is 0 Å². The van der Waals surface area contributed by atoms with Gasteiger partial charge >= 0.3 is 18.1 Å². The molecule has 1 unspecified atom stereocenters. The first-order valence-electron chi connectivity index (χ1n) is 3.11. The standard InChI is InChI=1S/C6H3F7O2/c1-3(7)5(9,10)15-4(8,2-14)6(11,12)13/h2H,1H2. The molecule has 1 atom stereocenters. The number of hydrogen-bond acceptors (Lipinski definition) is 2. The summed E-state index contributed by atoms with van der Waals surface area (Å²) in [6, 6.07) is 0. The SMILES string of the molecule is C=C(F)C(F)(F)OC(F)(C=O)C(F)(F)F. The minimum atomic E-state index is -6.05. The monoisotopic (exact) mass is 240 g/mol. The van der Waals surface area contributed by atoms with E-state index >= 15 is 0 Å². The lowest BCUT2D eigenvalue weighted by Gasteiger charge is -2.25. The van der Waals surface area contributed by atoms with Gasteiger partial charge in [0.25, 0.3) is 0 Å². The smallest absolute Gasteiger partial charge is 0.297 e. The van der Waals surface area contributed by atoms with E-state index < -0.39 is 30.3 Å². The molecule has 0 aromatic carbocycles. The van der Waals surface area contributed by atoms with E-state index in [2.05, 4.69) is 4.74 Å². The second-order valence-electron chi connectivity index (χ2n) is 2.28. The Bertz CT molecular complexity index is 271. The van der Waals surface area contributed by atoms with Gasteiger partial charge in [0.05, 0.1) is 0 Å². The zero-order chi connectivity index (χ0) is 12.5. The van der Waals surface area contributed by atoms with Crippen LogP contribution >= 0.6 is 0 Å². The third kappa shape index (κ3) is 2.91. The molecule has 0 radical (unpaired) electrons. The summed E-state index contributed by atoms with van der Waals surface area (Å²) in [4.78, 5) is 9.67. The lowest BCUT2D eigenvalue weighted by molar-refractivity contribution is -0.381. The van der Waals surface area contributed by atoms with Crippen LogP contribution in [-0.4, -0.2) is 24.4 Å². The zero-order valence-corrected chi connectivity index (χ0v) is 6.75. The van der Waals surface area contributed by atoms with E-state index in [9.17, 15) is 35.5 Å². The largest absolute Gasteiger partial charge is 0.456 e. The van der Waals surface area contributed by atoms with Gasteiger partial charge in [-0.25, -0.2) is 4.39 Å². The van der Waals surface area contributed by atoms with Crippen LogP contribution in [0, 0.1) is 0 Å². The predicted molar refractivity (Wildman–Crippen MR) is 32.2 cm³/mol. The highest BCUT2D eigenvalue weighted by Crippen LogP contribution is 2.40. The molecule has 0 fully saturated rings. The summed E-state index contributed by atoms with van der Waals surface area (Å²) in [5, 5.41) is 0. The Labute approximate surface area is 78.3 Å². The molecule has 0 rings (SSSR count). The first kappa shape index (κ1) is 13.9. The second kappa shape index (κ2) is 3.80. The van der Waals surface area contributed by atoms with Gasteiger partial charge in [-0.15, -0.1) is 0 Å². The van der Waals surface area contributed by atoms with Crippen molar-refractivity contribution in [2.75, 3.05) is 0 Å². The molecule has 0 aliphatic heterocycles. The third-order valence-corrected chi connectivity index (χ3v) is 1.13. The molecule has 0 aromatic heterocycles. The van der Waals surface area contributed by atoms with Crippen LogP contribution in [0.1, 0.15) is 0 Å². The van der Waals surface area contributed by atoms with Crippen LogP contribution in [0.5, 0.6) is 0 Å². The van der Waals surface area contributed by atoms with Gasteiger partial charge in [0.15, 0.2) is 12.1 Å². The van der Waals surface area contributed by atoms with Gasteiger partial charge in [-0.3, -0.25) is 9.53 Å². The highest BCUT2D eigenvalue weighted by Gasteiger charge is 2.63. The minimum Gasteiger partial charge on any atom is -0.297 e. The number of ether oxygens (including phenoxy) is 1. The molecule has 15 heavy (non-hydrogen) atoms. The van der Waals surface area contributed by atoms with Gasteiger partial charge in [0.2, 0.25) is 0 Å². The van der Waals surface area contributed by atoms with Crippen molar-refractivity contribution >= 4 is 6.29 Å². The quantitative estimate of drug-likeness (QED) is 0.557. The van der Waals surface area contributed by atoms with Crippen molar-refractivity contribution in [3.63, 3.8) is 0 Å². The fraction of sp³-hybridized carbons (Fsp3) is 0.500. The molecule has 0 heterocycles. The van der Waals surface area contributed by atoms with Crippen molar-refractivity contribution < 1.29 is 40.3 Å². The molecule has 0 saturated heterocycles. The van der Waals surface area contributed by atoms with E-state index in [1.54, 1.807) is 0 Å². The van der Waals surface area contributed by atoms with E-state index in [-0.39, 0.29) is 0 Å². The van der Waals surface area contributed by atoms with Crippen molar-refractivity contribution in [1.82, 2.24) is 0 Å². The average molecular weight is 240 g/mol. The van der Waals surface area contributed by atoms with Gasteiger partial charge in [-0.05, 0) is 0 Å². The minimum absolute atomic E-state index is 1.55. The summed E-state index contributed by atoms with van der Waals surface area (Å²) >= 11 is 0. The maximum absolute atomic E-state index is 12.5. The molecule has 88 valence electrons. The van der Waals surface area contributed by atoms with Crippen molar-refractivity contribution in [2.45, 2.75) is 18.1 Å². The molecule has 2 nitrogen and oxygen atoms in total. The number of hydrogen-bond donors (Lipinski definition) is 0. The highest BCUT2D eigenvalue weighted by atomic mass is 19.4. The maximum Gasteiger partial charge on any atom is 0.456 e. The molecule has 9 heteroatoms. The van der Waals surface area contributed by atoms with E-state index in [4.69, 9.17) is 0 Å². The molecular formula is C6H3F7O2. The molecule has 0 N–H and O–H groups in total. The number of aldehydes is 1. The lowest BCUT2D eigenvalue weighted by atomic mass is 10.3. The summed E-state index contributed by atoms with van der Waals surface area (Å²) < 4.78 is 86.1. The summed E-state index contributed by atoms with van der Waals surface area (Å²) in [6.07, 6.45) is -12.8. The molecular weight excluding hydrogens is 237 g/mol. The first-order valence-corrected chi connectivity index (χ1v) is 3.11. The van der Waals surface area contributed by atoms with Crippen molar-refractivity contribution in [3.05, 3.63) is 12.4 Å². The second-order valence-corrected chi connectivity index (χ2v) is 2.28. The van der Waals surface area contributed by atoms with Crippen molar-refractivity contribution in [2.24, 2.45) is 0 Å². The predicted octanol–water partition coefficient (Wildman–Crippen LogP) is 2.51. The number of alkyl halides is 6. The number of carbonyl (C=O) groups is 1. The molecule has 0 aromatic rings. The van der Waals surface area contributed by atoms with Gasteiger partial charge in [0.1, 0.15) is 0 Å². The molecule has 0 spiro atoms. The number of carbonyl (C=O) groups excluding carboxylic acids is 1. The first-order chi connectivity index (χ1) is 6.46. The molecule has 0 aliphatic rings.